The molecule has 0 aliphatic heterocycles. The highest BCUT2D eigenvalue weighted by Crippen LogP contribution is 2.23. The summed E-state index contributed by atoms with van der Waals surface area (Å²) in [5, 5.41) is 5.28. The third-order valence-corrected chi connectivity index (χ3v) is 2.97. The lowest BCUT2D eigenvalue weighted by Crippen LogP contribution is -2.37. The van der Waals surface area contributed by atoms with Crippen LogP contribution in [0, 0.1) is 0 Å². The van der Waals surface area contributed by atoms with E-state index in [1.54, 1.807) is 21.1 Å². The van der Waals surface area contributed by atoms with Crippen molar-refractivity contribution in [2.45, 2.75) is 19.8 Å². The van der Waals surface area contributed by atoms with Crippen molar-refractivity contribution in [2.24, 2.45) is 0 Å². The Bertz CT molecular complexity index is 489. The van der Waals surface area contributed by atoms with Crippen LogP contribution in [0.15, 0.2) is 18.2 Å². The molecule has 0 aliphatic rings. The predicted octanol–water partition coefficient (Wildman–Crippen LogP) is 0.889. The van der Waals surface area contributed by atoms with Gasteiger partial charge in [-0.2, -0.15) is 0 Å². The fourth-order valence-electron chi connectivity index (χ4n) is 1.78. The van der Waals surface area contributed by atoms with Crippen molar-refractivity contribution in [1.29, 1.82) is 0 Å². The van der Waals surface area contributed by atoms with Crippen LogP contribution in [0.3, 0.4) is 0 Å². The van der Waals surface area contributed by atoms with Crippen molar-refractivity contribution < 1.29 is 19.1 Å². The molecule has 0 unspecified atom stereocenters. The van der Waals surface area contributed by atoms with Gasteiger partial charge in [0.2, 0.25) is 11.8 Å². The van der Waals surface area contributed by atoms with Gasteiger partial charge in [0.25, 0.3) is 0 Å². The predicted molar refractivity (Wildman–Crippen MR) is 79.6 cm³/mol. The monoisotopic (exact) mass is 294 g/mol. The number of carbonyl (C=O) groups excluding carboxylic acids is 2. The van der Waals surface area contributed by atoms with Gasteiger partial charge in [-0.15, -0.1) is 0 Å². The molecule has 1 aromatic rings. The Hall–Kier alpha value is -2.24. The summed E-state index contributed by atoms with van der Waals surface area (Å²) in [6, 6.07) is 5.53. The van der Waals surface area contributed by atoms with Crippen LogP contribution in [0.4, 0.5) is 0 Å². The third kappa shape index (κ3) is 5.72. The van der Waals surface area contributed by atoms with E-state index in [4.69, 9.17) is 9.47 Å². The highest BCUT2D eigenvalue weighted by atomic mass is 16.5. The number of carbonyl (C=O) groups is 2. The molecule has 6 heteroatoms. The maximum absolute atomic E-state index is 11.5. The lowest BCUT2D eigenvalue weighted by atomic mass is 10.1. The molecule has 0 aliphatic carbocycles. The van der Waals surface area contributed by atoms with Gasteiger partial charge in [0.05, 0.1) is 20.8 Å². The van der Waals surface area contributed by atoms with Crippen molar-refractivity contribution in [3.8, 4) is 11.5 Å². The molecule has 2 N–H and O–H groups in total. The SMILES string of the molecule is CCC(=O)NCC(=O)NCCc1cc(OC)ccc1OC. The molecule has 1 aromatic carbocycles. The van der Waals surface area contributed by atoms with E-state index in [9.17, 15) is 9.59 Å². The highest BCUT2D eigenvalue weighted by Gasteiger charge is 2.07. The zero-order chi connectivity index (χ0) is 15.7. The minimum absolute atomic E-state index is 0.00190. The van der Waals surface area contributed by atoms with Gasteiger partial charge in [-0.3, -0.25) is 9.59 Å². The topological polar surface area (TPSA) is 76.7 Å². The highest BCUT2D eigenvalue weighted by molar-refractivity contribution is 5.84. The lowest BCUT2D eigenvalue weighted by Gasteiger charge is -2.11. The number of ether oxygens (including phenoxy) is 2. The van der Waals surface area contributed by atoms with Gasteiger partial charge >= 0.3 is 0 Å². The number of methoxy groups -OCH3 is 2. The largest absolute Gasteiger partial charge is 0.497 e. The Labute approximate surface area is 124 Å². The first-order valence-corrected chi connectivity index (χ1v) is 6.85. The van der Waals surface area contributed by atoms with E-state index in [-0.39, 0.29) is 18.4 Å². The Morgan fingerprint density at radius 2 is 1.86 bits per heavy atom. The van der Waals surface area contributed by atoms with E-state index in [0.29, 0.717) is 19.4 Å². The molecule has 0 fully saturated rings. The van der Waals surface area contributed by atoms with Crippen molar-refractivity contribution in [3.05, 3.63) is 23.8 Å². The minimum Gasteiger partial charge on any atom is -0.497 e. The van der Waals surface area contributed by atoms with E-state index < -0.39 is 0 Å². The average Bonchev–Trinajstić information content (AvgIpc) is 2.52. The quantitative estimate of drug-likeness (QED) is 0.746. The third-order valence-electron chi connectivity index (χ3n) is 2.97. The van der Waals surface area contributed by atoms with Crippen LogP contribution in [0.1, 0.15) is 18.9 Å². The number of rotatable bonds is 8. The van der Waals surface area contributed by atoms with Crippen molar-refractivity contribution in [3.63, 3.8) is 0 Å². The summed E-state index contributed by atoms with van der Waals surface area (Å²) in [7, 11) is 3.20. The lowest BCUT2D eigenvalue weighted by molar-refractivity contribution is -0.125. The van der Waals surface area contributed by atoms with Gasteiger partial charge in [0, 0.05) is 13.0 Å². The van der Waals surface area contributed by atoms with Crippen LogP contribution in [0.5, 0.6) is 11.5 Å². The Morgan fingerprint density at radius 3 is 2.48 bits per heavy atom. The van der Waals surface area contributed by atoms with Crippen LogP contribution >= 0.6 is 0 Å². The Morgan fingerprint density at radius 1 is 1.10 bits per heavy atom. The minimum atomic E-state index is -0.210. The van der Waals surface area contributed by atoms with Gasteiger partial charge < -0.3 is 20.1 Å². The molecular weight excluding hydrogens is 272 g/mol. The standard InChI is InChI=1S/C15H22N2O4/c1-4-14(18)17-10-15(19)16-8-7-11-9-12(20-2)5-6-13(11)21-3/h5-6,9H,4,7-8,10H2,1-3H3,(H,16,19)(H,17,18). The Balaban J connectivity index is 2.44. The maximum Gasteiger partial charge on any atom is 0.239 e. The van der Waals surface area contributed by atoms with E-state index in [0.717, 1.165) is 17.1 Å². The molecule has 21 heavy (non-hydrogen) atoms. The van der Waals surface area contributed by atoms with Crippen LogP contribution < -0.4 is 20.1 Å². The molecule has 1 rings (SSSR count). The normalized spacial score (nSPS) is 9.86. The molecule has 0 aromatic heterocycles. The van der Waals surface area contributed by atoms with Gasteiger partial charge in [-0.1, -0.05) is 6.92 Å². The molecule has 6 nitrogen and oxygen atoms in total. The second-order valence-electron chi connectivity index (χ2n) is 4.41. The molecule has 116 valence electrons. The van der Waals surface area contributed by atoms with Crippen molar-refractivity contribution in [2.75, 3.05) is 27.3 Å². The van der Waals surface area contributed by atoms with Gasteiger partial charge in [-0.05, 0) is 30.2 Å². The van der Waals surface area contributed by atoms with Gasteiger partial charge in [0.15, 0.2) is 0 Å². The Kier molecular flexibility index (Phi) is 7.08. The first-order valence-electron chi connectivity index (χ1n) is 6.85. The average molecular weight is 294 g/mol. The molecule has 0 spiro atoms. The number of benzene rings is 1. The van der Waals surface area contributed by atoms with Crippen molar-refractivity contribution >= 4 is 11.8 Å². The zero-order valence-corrected chi connectivity index (χ0v) is 12.7. The van der Waals surface area contributed by atoms with Gasteiger partial charge in [0.1, 0.15) is 11.5 Å². The smallest absolute Gasteiger partial charge is 0.239 e. The van der Waals surface area contributed by atoms with E-state index in [2.05, 4.69) is 10.6 Å². The zero-order valence-electron chi connectivity index (χ0n) is 12.7. The van der Waals surface area contributed by atoms with Crippen LogP contribution in [0.25, 0.3) is 0 Å². The summed E-state index contributed by atoms with van der Waals surface area (Å²) >= 11 is 0. The van der Waals surface area contributed by atoms with Crippen LogP contribution in [0.2, 0.25) is 0 Å². The number of nitrogens with one attached hydrogen (secondary N) is 2. The molecule has 0 radical (unpaired) electrons. The van der Waals surface area contributed by atoms with E-state index in [1.807, 2.05) is 18.2 Å². The molecule has 0 saturated carbocycles. The summed E-state index contributed by atoms with van der Waals surface area (Å²) < 4.78 is 10.4. The first kappa shape index (κ1) is 16.8. The summed E-state index contributed by atoms with van der Waals surface area (Å²) in [5.41, 5.74) is 0.953. The molecule has 0 atom stereocenters. The van der Waals surface area contributed by atoms with E-state index >= 15 is 0 Å². The number of hydrogen-bond acceptors (Lipinski definition) is 4. The van der Waals surface area contributed by atoms with Gasteiger partial charge in [-0.25, -0.2) is 0 Å². The molecule has 0 bridgehead atoms. The maximum atomic E-state index is 11.5. The number of hydrogen-bond donors (Lipinski definition) is 2. The van der Waals surface area contributed by atoms with E-state index in [1.165, 1.54) is 0 Å². The molecule has 0 heterocycles. The summed E-state index contributed by atoms with van der Waals surface area (Å²) in [4.78, 5) is 22.6. The molecular formula is C15H22N2O4. The number of amides is 2. The molecule has 2 amide bonds. The van der Waals surface area contributed by atoms with Crippen molar-refractivity contribution in [1.82, 2.24) is 10.6 Å². The summed E-state index contributed by atoms with van der Waals surface area (Å²) in [6.45, 7) is 2.20. The molecule has 0 saturated heterocycles. The summed E-state index contributed by atoms with van der Waals surface area (Å²) in [6.07, 6.45) is 0.988. The second-order valence-corrected chi connectivity index (χ2v) is 4.41. The fraction of sp³-hybridized carbons (Fsp3) is 0.467. The summed E-state index contributed by atoms with van der Waals surface area (Å²) in [5.74, 6) is 1.15. The second kappa shape index (κ2) is 8.84. The van der Waals surface area contributed by atoms with Crippen LogP contribution in [-0.2, 0) is 16.0 Å². The fourth-order valence-corrected chi connectivity index (χ4v) is 1.78. The first-order chi connectivity index (χ1) is 10.1. The van der Waals surface area contributed by atoms with Crippen LogP contribution in [-0.4, -0.2) is 39.1 Å².